The number of rotatable bonds is 2. The van der Waals surface area contributed by atoms with Gasteiger partial charge in [0.05, 0.1) is 0 Å². The second-order valence-corrected chi connectivity index (χ2v) is 5.24. The number of hydrogen-bond acceptors (Lipinski definition) is 3. The predicted octanol–water partition coefficient (Wildman–Crippen LogP) is 3.99. The monoisotopic (exact) mass is 289 g/mol. The highest BCUT2D eigenvalue weighted by molar-refractivity contribution is 7.17. The minimum atomic E-state index is -1.08. The van der Waals surface area contributed by atoms with Crippen molar-refractivity contribution in [2.45, 2.75) is 0 Å². The van der Waals surface area contributed by atoms with Crippen LogP contribution in [0.2, 0.25) is 0 Å². The van der Waals surface area contributed by atoms with Crippen molar-refractivity contribution in [2.24, 2.45) is 0 Å². The number of carbonyl (C=O) groups excluding carboxylic acids is 1. The highest BCUT2D eigenvalue weighted by Crippen LogP contribution is 2.29. The molecule has 3 rings (SSSR count). The van der Waals surface area contributed by atoms with E-state index in [0.29, 0.717) is 5.56 Å². The molecular formula is C15H9F2NOS. The van der Waals surface area contributed by atoms with Crippen LogP contribution >= 0.6 is 11.3 Å². The molecule has 0 amide bonds. The van der Waals surface area contributed by atoms with E-state index >= 15 is 0 Å². The Morgan fingerprint density at radius 3 is 2.55 bits per heavy atom. The molecule has 0 saturated heterocycles. The van der Waals surface area contributed by atoms with Gasteiger partial charge in [-0.15, -0.1) is 11.3 Å². The van der Waals surface area contributed by atoms with Crippen LogP contribution in [0.15, 0.2) is 41.8 Å². The molecule has 0 aliphatic heterocycles. The zero-order valence-corrected chi connectivity index (χ0v) is 11.0. The molecule has 0 unspecified atom stereocenters. The summed E-state index contributed by atoms with van der Waals surface area (Å²) in [6.07, 6.45) is 0. The van der Waals surface area contributed by atoms with Crippen LogP contribution in [-0.4, -0.2) is 5.78 Å². The highest BCUT2D eigenvalue weighted by atomic mass is 32.1. The van der Waals surface area contributed by atoms with Gasteiger partial charge in [-0.3, -0.25) is 4.79 Å². The van der Waals surface area contributed by atoms with Crippen molar-refractivity contribution in [3.8, 4) is 0 Å². The molecule has 0 spiro atoms. The standard InChI is InChI=1S/C15H9F2NOS/c16-11-5-9(13(18)6-12(11)17)15(19)10-7-20-14-4-2-1-3-8(10)14/h1-7H,18H2. The van der Waals surface area contributed by atoms with Gasteiger partial charge >= 0.3 is 0 Å². The summed E-state index contributed by atoms with van der Waals surface area (Å²) < 4.78 is 27.3. The minimum Gasteiger partial charge on any atom is -0.398 e. The predicted molar refractivity (Wildman–Crippen MR) is 76.0 cm³/mol. The molecular weight excluding hydrogens is 280 g/mol. The summed E-state index contributed by atoms with van der Waals surface area (Å²) in [4.78, 5) is 12.4. The van der Waals surface area contributed by atoms with Gasteiger partial charge < -0.3 is 5.73 Å². The number of nitrogen functional groups attached to an aromatic ring is 1. The van der Waals surface area contributed by atoms with Gasteiger partial charge in [-0.2, -0.15) is 0 Å². The molecule has 100 valence electrons. The van der Waals surface area contributed by atoms with Crippen molar-refractivity contribution in [1.82, 2.24) is 0 Å². The van der Waals surface area contributed by atoms with Gasteiger partial charge in [0.1, 0.15) is 0 Å². The van der Waals surface area contributed by atoms with E-state index in [9.17, 15) is 13.6 Å². The lowest BCUT2D eigenvalue weighted by molar-refractivity contribution is 0.104. The lowest BCUT2D eigenvalue weighted by atomic mass is 10.0. The Morgan fingerprint density at radius 2 is 1.75 bits per heavy atom. The third-order valence-electron chi connectivity index (χ3n) is 3.06. The van der Waals surface area contributed by atoms with Crippen molar-refractivity contribution < 1.29 is 13.6 Å². The number of anilines is 1. The van der Waals surface area contributed by atoms with Gasteiger partial charge in [-0.1, -0.05) is 18.2 Å². The Morgan fingerprint density at radius 1 is 1.05 bits per heavy atom. The van der Waals surface area contributed by atoms with Crippen LogP contribution in [0, 0.1) is 11.6 Å². The van der Waals surface area contributed by atoms with Crippen LogP contribution in [0.5, 0.6) is 0 Å². The third-order valence-corrected chi connectivity index (χ3v) is 4.03. The summed E-state index contributed by atoms with van der Waals surface area (Å²) in [6, 6.07) is 9.08. The molecule has 2 N–H and O–H groups in total. The van der Waals surface area contributed by atoms with Crippen molar-refractivity contribution in [1.29, 1.82) is 0 Å². The molecule has 0 aliphatic carbocycles. The summed E-state index contributed by atoms with van der Waals surface area (Å²) in [5.74, 6) is -2.55. The minimum absolute atomic E-state index is 0.0209. The number of fused-ring (bicyclic) bond motifs is 1. The molecule has 0 saturated carbocycles. The van der Waals surface area contributed by atoms with Crippen LogP contribution < -0.4 is 5.73 Å². The van der Waals surface area contributed by atoms with Gasteiger partial charge in [0.15, 0.2) is 17.4 Å². The maximum absolute atomic E-state index is 13.3. The average Bonchev–Trinajstić information content (AvgIpc) is 2.86. The maximum atomic E-state index is 13.3. The number of benzene rings is 2. The van der Waals surface area contributed by atoms with E-state index in [4.69, 9.17) is 5.73 Å². The maximum Gasteiger partial charge on any atom is 0.196 e. The number of halogens is 2. The van der Waals surface area contributed by atoms with Gasteiger partial charge in [0, 0.05) is 38.3 Å². The number of nitrogens with two attached hydrogens (primary N) is 1. The normalized spacial score (nSPS) is 10.9. The van der Waals surface area contributed by atoms with Gasteiger partial charge in [0.2, 0.25) is 0 Å². The van der Waals surface area contributed by atoms with Crippen LogP contribution in [0.25, 0.3) is 10.1 Å². The number of ketones is 1. The Labute approximate surface area is 117 Å². The van der Waals surface area contributed by atoms with Crippen molar-refractivity contribution >= 4 is 32.9 Å². The Bertz CT molecular complexity index is 826. The zero-order chi connectivity index (χ0) is 14.3. The Hall–Kier alpha value is -2.27. The molecule has 5 heteroatoms. The quantitative estimate of drug-likeness (QED) is 0.572. The fraction of sp³-hybridized carbons (Fsp3) is 0. The summed E-state index contributed by atoms with van der Waals surface area (Å²) in [5, 5.41) is 2.49. The van der Waals surface area contributed by atoms with Gasteiger partial charge in [0.25, 0.3) is 0 Å². The lowest BCUT2D eigenvalue weighted by Gasteiger charge is -2.05. The molecule has 1 aromatic heterocycles. The second-order valence-electron chi connectivity index (χ2n) is 4.33. The van der Waals surface area contributed by atoms with Crippen LogP contribution in [0.1, 0.15) is 15.9 Å². The summed E-state index contributed by atoms with van der Waals surface area (Å²) >= 11 is 1.42. The first kappa shape index (κ1) is 12.7. The lowest BCUT2D eigenvalue weighted by Crippen LogP contribution is -2.06. The van der Waals surface area contributed by atoms with E-state index in [0.717, 1.165) is 22.2 Å². The van der Waals surface area contributed by atoms with Crippen LogP contribution in [0.3, 0.4) is 0 Å². The molecule has 0 aliphatic rings. The fourth-order valence-electron chi connectivity index (χ4n) is 2.06. The van der Waals surface area contributed by atoms with E-state index in [1.807, 2.05) is 24.3 Å². The van der Waals surface area contributed by atoms with E-state index in [1.54, 1.807) is 5.38 Å². The first-order valence-corrected chi connectivity index (χ1v) is 6.71. The van der Waals surface area contributed by atoms with Crippen molar-refractivity contribution in [3.05, 3.63) is 64.5 Å². The highest BCUT2D eigenvalue weighted by Gasteiger charge is 2.18. The average molecular weight is 289 g/mol. The Kier molecular flexibility index (Phi) is 2.99. The van der Waals surface area contributed by atoms with Gasteiger partial charge in [-0.05, 0) is 12.1 Å². The van der Waals surface area contributed by atoms with E-state index in [2.05, 4.69) is 0 Å². The van der Waals surface area contributed by atoms with Crippen molar-refractivity contribution in [3.63, 3.8) is 0 Å². The number of thiophene rings is 1. The van der Waals surface area contributed by atoms with Crippen molar-refractivity contribution in [2.75, 3.05) is 5.73 Å². The van der Waals surface area contributed by atoms with E-state index in [-0.39, 0.29) is 11.3 Å². The number of carbonyl (C=O) groups is 1. The molecule has 2 aromatic carbocycles. The molecule has 3 aromatic rings. The summed E-state index contributed by atoms with van der Waals surface area (Å²) in [5.41, 5.74) is 5.98. The van der Waals surface area contributed by atoms with Crippen LogP contribution in [0.4, 0.5) is 14.5 Å². The summed E-state index contributed by atoms with van der Waals surface area (Å²) in [7, 11) is 0. The first-order valence-electron chi connectivity index (χ1n) is 5.83. The summed E-state index contributed by atoms with van der Waals surface area (Å²) in [6.45, 7) is 0. The second kappa shape index (κ2) is 4.68. The number of hydrogen-bond donors (Lipinski definition) is 1. The molecule has 0 radical (unpaired) electrons. The zero-order valence-electron chi connectivity index (χ0n) is 10.2. The molecule has 20 heavy (non-hydrogen) atoms. The van der Waals surface area contributed by atoms with E-state index in [1.165, 1.54) is 11.3 Å². The largest absolute Gasteiger partial charge is 0.398 e. The topological polar surface area (TPSA) is 43.1 Å². The molecule has 0 atom stereocenters. The first-order chi connectivity index (χ1) is 9.58. The SMILES string of the molecule is Nc1cc(F)c(F)cc1C(=O)c1csc2ccccc12. The molecule has 0 bridgehead atoms. The van der Waals surface area contributed by atoms with Crippen LogP contribution in [-0.2, 0) is 0 Å². The van der Waals surface area contributed by atoms with E-state index < -0.39 is 17.4 Å². The molecule has 0 fully saturated rings. The Balaban J connectivity index is 2.16. The molecule has 2 nitrogen and oxygen atoms in total. The van der Waals surface area contributed by atoms with Gasteiger partial charge in [-0.25, -0.2) is 8.78 Å². The third kappa shape index (κ3) is 1.96. The molecule has 1 heterocycles. The smallest absolute Gasteiger partial charge is 0.196 e. The fourth-order valence-corrected chi connectivity index (χ4v) is 3.00.